The van der Waals surface area contributed by atoms with Crippen molar-refractivity contribution in [3.63, 3.8) is 0 Å². The van der Waals surface area contributed by atoms with E-state index in [0.717, 1.165) is 4.47 Å². The number of carbonyl (C=O) groups excluding carboxylic acids is 2. The number of carbonyl (C=O) groups is 2. The van der Waals surface area contributed by atoms with E-state index in [0.29, 0.717) is 5.56 Å². The first-order valence-electron chi connectivity index (χ1n) is 6.14. The second-order valence-electron chi connectivity index (χ2n) is 4.22. The van der Waals surface area contributed by atoms with E-state index < -0.39 is 11.7 Å². The summed E-state index contributed by atoms with van der Waals surface area (Å²) in [7, 11) is 0. The van der Waals surface area contributed by atoms with Crippen molar-refractivity contribution >= 4 is 33.4 Å². The van der Waals surface area contributed by atoms with Crippen LogP contribution in [0.15, 0.2) is 53.0 Å². The molecule has 0 radical (unpaired) electrons. The van der Waals surface area contributed by atoms with Gasteiger partial charge in [-0.3, -0.25) is 9.59 Å². The Hall–Kier alpha value is -2.21. The van der Waals surface area contributed by atoms with Gasteiger partial charge in [0, 0.05) is 10.0 Å². The lowest BCUT2D eigenvalue weighted by molar-refractivity contribution is -0.115. The molecule has 0 saturated carbocycles. The molecule has 0 aliphatic heterocycles. The molecule has 2 N–H and O–H groups in total. The predicted molar refractivity (Wildman–Crippen MR) is 81.5 cm³/mol. The molecule has 2 aromatic carbocycles. The molecule has 2 aromatic rings. The minimum Gasteiger partial charge on any atom is -0.343 e. The Kier molecular flexibility index (Phi) is 5.05. The van der Waals surface area contributed by atoms with Crippen molar-refractivity contribution in [1.82, 2.24) is 5.32 Å². The Bertz CT molecular complexity index is 676. The van der Waals surface area contributed by atoms with Crippen molar-refractivity contribution in [3.05, 3.63) is 64.4 Å². The first kappa shape index (κ1) is 15.2. The Labute approximate surface area is 129 Å². The zero-order valence-electron chi connectivity index (χ0n) is 10.9. The number of anilines is 1. The Balaban J connectivity index is 1.90. The molecule has 0 unspecified atom stereocenters. The molecule has 0 fully saturated rings. The van der Waals surface area contributed by atoms with Gasteiger partial charge in [0.1, 0.15) is 5.82 Å². The molecule has 0 saturated heterocycles. The third kappa shape index (κ3) is 4.39. The van der Waals surface area contributed by atoms with Crippen molar-refractivity contribution in [1.29, 1.82) is 0 Å². The summed E-state index contributed by atoms with van der Waals surface area (Å²) in [5.41, 5.74) is 0.516. The van der Waals surface area contributed by atoms with Crippen LogP contribution in [-0.4, -0.2) is 18.4 Å². The van der Waals surface area contributed by atoms with Gasteiger partial charge in [0.05, 0.1) is 12.2 Å². The van der Waals surface area contributed by atoms with Gasteiger partial charge >= 0.3 is 0 Å². The van der Waals surface area contributed by atoms with E-state index in [1.807, 2.05) is 0 Å². The van der Waals surface area contributed by atoms with Gasteiger partial charge in [-0.15, -0.1) is 0 Å². The topological polar surface area (TPSA) is 58.2 Å². The van der Waals surface area contributed by atoms with Crippen molar-refractivity contribution in [2.45, 2.75) is 0 Å². The first-order valence-corrected chi connectivity index (χ1v) is 6.94. The highest BCUT2D eigenvalue weighted by atomic mass is 79.9. The first-order chi connectivity index (χ1) is 10.1. The summed E-state index contributed by atoms with van der Waals surface area (Å²) in [4.78, 5) is 23.5. The number of para-hydroxylation sites is 1. The van der Waals surface area contributed by atoms with Gasteiger partial charge in [-0.25, -0.2) is 4.39 Å². The summed E-state index contributed by atoms with van der Waals surface area (Å²) in [6.07, 6.45) is 0. The molecule has 4 nitrogen and oxygen atoms in total. The smallest absolute Gasteiger partial charge is 0.251 e. The zero-order valence-corrected chi connectivity index (χ0v) is 12.5. The summed E-state index contributed by atoms with van der Waals surface area (Å²) in [5, 5.41) is 4.86. The van der Waals surface area contributed by atoms with Gasteiger partial charge in [-0.1, -0.05) is 34.1 Å². The van der Waals surface area contributed by atoms with E-state index in [9.17, 15) is 14.0 Å². The molecule has 0 bridgehead atoms. The lowest BCUT2D eigenvalue weighted by Gasteiger charge is -2.08. The van der Waals surface area contributed by atoms with Crippen LogP contribution < -0.4 is 10.6 Å². The molecule has 6 heteroatoms. The van der Waals surface area contributed by atoms with Crippen LogP contribution in [0.3, 0.4) is 0 Å². The van der Waals surface area contributed by atoms with Crippen LogP contribution in [0.1, 0.15) is 10.4 Å². The van der Waals surface area contributed by atoms with Crippen molar-refractivity contribution < 1.29 is 14.0 Å². The maximum absolute atomic E-state index is 13.4. The Morgan fingerprint density at radius 2 is 1.86 bits per heavy atom. The standard InChI is InChI=1S/C15H12BrFN2O2/c16-11-5-3-4-10(8-11)15(21)18-9-14(20)19-13-7-2-1-6-12(13)17/h1-8H,9H2,(H,18,21)(H,19,20). The molecule has 0 atom stereocenters. The van der Waals surface area contributed by atoms with E-state index in [2.05, 4.69) is 26.6 Å². The number of hydrogen-bond acceptors (Lipinski definition) is 2. The fraction of sp³-hybridized carbons (Fsp3) is 0.0667. The molecule has 2 amide bonds. The van der Waals surface area contributed by atoms with Crippen LogP contribution in [0, 0.1) is 5.82 Å². The van der Waals surface area contributed by atoms with E-state index in [-0.39, 0.29) is 18.1 Å². The average molecular weight is 351 g/mol. The van der Waals surface area contributed by atoms with Gasteiger partial charge in [0.15, 0.2) is 0 Å². The summed E-state index contributed by atoms with van der Waals surface area (Å²) in [6.45, 7) is -0.236. The average Bonchev–Trinajstić information content (AvgIpc) is 2.47. The number of benzene rings is 2. The molecule has 108 valence electrons. The van der Waals surface area contributed by atoms with Crippen molar-refractivity contribution in [3.8, 4) is 0 Å². The molecule has 0 heterocycles. The number of amides is 2. The zero-order chi connectivity index (χ0) is 15.2. The van der Waals surface area contributed by atoms with Gasteiger partial charge in [0.25, 0.3) is 5.91 Å². The molecule has 0 spiro atoms. The summed E-state index contributed by atoms with van der Waals surface area (Å²) < 4.78 is 14.1. The van der Waals surface area contributed by atoms with Gasteiger partial charge in [-0.05, 0) is 30.3 Å². The van der Waals surface area contributed by atoms with E-state index >= 15 is 0 Å². The largest absolute Gasteiger partial charge is 0.343 e. The van der Waals surface area contributed by atoms with Gasteiger partial charge in [0.2, 0.25) is 5.91 Å². The van der Waals surface area contributed by atoms with E-state index in [4.69, 9.17) is 0 Å². The van der Waals surface area contributed by atoms with Gasteiger partial charge < -0.3 is 10.6 Å². The van der Waals surface area contributed by atoms with E-state index in [1.165, 1.54) is 18.2 Å². The number of hydrogen-bond donors (Lipinski definition) is 2. The molecule has 0 aromatic heterocycles. The second kappa shape index (κ2) is 6.99. The van der Waals surface area contributed by atoms with E-state index in [1.54, 1.807) is 30.3 Å². The number of nitrogens with one attached hydrogen (secondary N) is 2. The maximum atomic E-state index is 13.4. The van der Waals surface area contributed by atoms with Crippen molar-refractivity contribution in [2.24, 2.45) is 0 Å². The van der Waals surface area contributed by atoms with Crippen LogP contribution in [0.25, 0.3) is 0 Å². The maximum Gasteiger partial charge on any atom is 0.251 e. The summed E-state index contributed by atoms with van der Waals surface area (Å²) in [5.74, 6) is -1.40. The number of rotatable bonds is 4. The van der Waals surface area contributed by atoms with Crippen LogP contribution >= 0.6 is 15.9 Å². The SMILES string of the molecule is O=C(CNC(=O)c1cccc(Br)c1)Nc1ccccc1F. The van der Waals surface area contributed by atoms with Crippen LogP contribution in [0.2, 0.25) is 0 Å². The fourth-order valence-corrected chi connectivity index (χ4v) is 2.05. The lowest BCUT2D eigenvalue weighted by atomic mass is 10.2. The van der Waals surface area contributed by atoms with Crippen LogP contribution in [-0.2, 0) is 4.79 Å². The molecular weight excluding hydrogens is 339 g/mol. The van der Waals surface area contributed by atoms with Crippen molar-refractivity contribution in [2.75, 3.05) is 11.9 Å². The second-order valence-corrected chi connectivity index (χ2v) is 5.14. The molecule has 2 rings (SSSR count). The van der Waals surface area contributed by atoms with Crippen LogP contribution in [0.5, 0.6) is 0 Å². The summed E-state index contributed by atoms with van der Waals surface area (Å²) in [6, 6.07) is 12.6. The van der Waals surface area contributed by atoms with Gasteiger partial charge in [-0.2, -0.15) is 0 Å². The Morgan fingerprint density at radius 1 is 1.10 bits per heavy atom. The highest BCUT2D eigenvalue weighted by molar-refractivity contribution is 9.10. The van der Waals surface area contributed by atoms with Crippen LogP contribution in [0.4, 0.5) is 10.1 Å². The third-order valence-electron chi connectivity index (χ3n) is 2.64. The highest BCUT2D eigenvalue weighted by Gasteiger charge is 2.09. The summed E-state index contributed by atoms with van der Waals surface area (Å²) >= 11 is 3.26. The molecule has 21 heavy (non-hydrogen) atoms. The monoisotopic (exact) mass is 350 g/mol. The predicted octanol–water partition coefficient (Wildman–Crippen LogP) is 2.96. The molecular formula is C15H12BrFN2O2. The fourth-order valence-electron chi connectivity index (χ4n) is 1.65. The minimum absolute atomic E-state index is 0.0826. The molecule has 0 aliphatic rings. The lowest BCUT2D eigenvalue weighted by Crippen LogP contribution is -2.33. The normalized spacial score (nSPS) is 10.0. The molecule has 0 aliphatic carbocycles. The highest BCUT2D eigenvalue weighted by Crippen LogP contribution is 2.12. The third-order valence-corrected chi connectivity index (χ3v) is 3.14. The quantitative estimate of drug-likeness (QED) is 0.890. The Morgan fingerprint density at radius 3 is 2.57 bits per heavy atom. The minimum atomic E-state index is -0.524. The number of halogens is 2.